The van der Waals surface area contributed by atoms with Crippen molar-refractivity contribution in [2.75, 3.05) is 26.2 Å². The van der Waals surface area contributed by atoms with Crippen molar-refractivity contribution in [3.63, 3.8) is 0 Å². The van der Waals surface area contributed by atoms with Gasteiger partial charge in [-0.25, -0.2) is 4.79 Å². The number of amides is 1. The molecular weight excluding hydrogens is 376 g/mol. The molecule has 0 unspecified atom stereocenters. The van der Waals surface area contributed by atoms with Crippen molar-refractivity contribution < 1.29 is 14.6 Å². The summed E-state index contributed by atoms with van der Waals surface area (Å²) in [6.07, 6.45) is 2.35. The van der Waals surface area contributed by atoms with Crippen molar-refractivity contribution in [3.8, 4) is 11.5 Å². The fourth-order valence-electron chi connectivity index (χ4n) is 4.30. The van der Waals surface area contributed by atoms with E-state index in [9.17, 15) is 9.90 Å². The number of hydrogen-bond acceptors (Lipinski definition) is 3. The van der Waals surface area contributed by atoms with Gasteiger partial charge in [0.2, 0.25) is 0 Å². The lowest BCUT2D eigenvalue weighted by molar-refractivity contribution is 0.0987. The molecule has 2 saturated heterocycles. The van der Waals surface area contributed by atoms with Gasteiger partial charge in [-0.3, -0.25) is 4.90 Å². The van der Waals surface area contributed by atoms with Crippen LogP contribution >= 0.6 is 11.6 Å². The molecule has 1 amide bonds. The Balaban J connectivity index is 1.33. The van der Waals surface area contributed by atoms with Crippen LogP contribution in [0.5, 0.6) is 11.5 Å². The van der Waals surface area contributed by atoms with Crippen LogP contribution in [0.2, 0.25) is 5.02 Å². The van der Waals surface area contributed by atoms with Crippen LogP contribution in [-0.4, -0.2) is 47.2 Å². The number of nitrogens with zero attached hydrogens (tertiary/aromatic N) is 2. The highest BCUT2D eigenvalue weighted by Crippen LogP contribution is 2.40. The van der Waals surface area contributed by atoms with Gasteiger partial charge in [0.25, 0.3) is 0 Å². The van der Waals surface area contributed by atoms with Crippen molar-refractivity contribution in [1.29, 1.82) is 0 Å². The Labute approximate surface area is 170 Å². The third-order valence-corrected chi connectivity index (χ3v) is 6.23. The molecule has 2 aliphatic rings. The fraction of sp³-hybridized carbons (Fsp3) is 0.409. The summed E-state index contributed by atoms with van der Waals surface area (Å²) in [6, 6.07) is 15.6. The van der Waals surface area contributed by atoms with Crippen molar-refractivity contribution >= 4 is 17.7 Å². The molecule has 2 fully saturated rings. The lowest BCUT2D eigenvalue weighted by Gasteiger charge is -2.39. The molecule has 0 bridgehead atoms. The Morgan fingerprint density at radius 2 is 1.75 bits per heavy atom. The largest absolute Gasteiger partial charge is 0.465 e. The van der Waals surface area contributed by atoms with E-state index >= 15 is 0 Å². The van der Waals surface area contributed by atoms with Gasteiger partial charge in [-0.2, -0.15) is 0 Å². The van der Waals surface area contributed by atoms with Crippen molar-refractivity contribution in [1.82, 2.24) is 9.80 Å². The van der Waals surface area contributed by atoms with Crippen molar-refractivity contribution in [3.05, 3.63) is 59.1 Å². The summed E-state index contributed by atoms with van der Waals surface area (Å²) in [5.74, 6) is 1.59. The molecule has 0 saturated carbocycles. The maximum Gasteiger partial charge on any atom is 0.407 e. The van der Waals surface area contributed by atoms with Crippen LogP contribution in [0, 0.1) is 5.41 Å². The minimum Gasteiger partial charge on any atom is -0.465 e. The number of halogens is 1. The molecule has 1 N–H and O–H groups in total. The number of carbonyl (C=O) groups is 1. The first-order valence-electron chi connectivity index (χ1n) is 9.74. The van der Waals surface area contributed by atoms with E-state index in [1.165, 1.54) is 5.56 Å². The van der Waals surface area contributed by atoms with E-state index in [0.717, 1.165) is 50.4 Å². The third-order valence-electron chi connectivity index (χ3n) is 5.98. The zero-order valence-electron chi connectivity index (χ0n) is 15.8. The first kappa shape index (κ1) is 19.1. The Kier molecular flexibility index (Phi) is 5.47. The van der Waals surface area contributed by atoms with E-state index in [4.69, 9.17) is 16.3 Å². The van der Waals surface area contributed by atoms with Gasteiger partial charge in [0.05, 0.1) is 0 Å². The molecule has 2 heterocycles. The second-order valence-corrected chi connectivity index (χ2v) is 8.37. The van der Waals surface area contributed by atoms with Gasteiger partial charge < -0.3 is 14.7 Å². The number of likely N-dealkylation sites (tertiary alicyclic amines) is 2. The number of piperidine rings is 1. The van der Waals surface area contributed by atoms with E-state index in [1.807, 2.05) is 36.4 Å². The van der Waals surface area contributed by atoms with Crippen LogP contribution in [0.25, 0.3) is 0 Å². The predicted molar refractivity (Wildman–Crippen MR) is 109 cm³/mol. The SMILES string of the molecule is O=C(O)N1CCC2(CCN(Cc3cccc(Oc4ccc(Cl)cc4)c3)CC2)C1. The van der Waals surface area contributed by atoms with E-state index in [2.05, 4.69) is 17.0 Å². The summed E-state index contributed by atoms with van der Waals surface area (Å²) < 4.78 is 5.94. The number of rotatable bonds is 4. The van der Waals surface area contributed by atoms with Gasteiger partial charge in [-0.15, -0.1) is 0 Å². The molecule has 0 aliphatic carbocycles. The topological polar surface area (TPSA) is 53.0 Å². The van der Waals surface area contributed by atoms with Gasteiger partial charge >= 0.3 is 6.09 Å². The van der Waals surface area contributed by atoms with E-state index in [1.54, 1.807) is 4.90 Å². The third kappa shape index (κ3) is 4.42. The first-order valence-corrected chi connectivity index (χ1v) is 10.1. The molecule has 4 rings (SSSR count). The van der Waals surface area contributed by atoms with E-state index < -0.39 is 6.09 Å². The van der Waals surface area contributed by atoms with Crippen LogP contribution in [0.1, 0.15) is 24.8 Å². The zero-order chi connectivity index (χ0) is 19.6. The molecule has 0 aromatic heterocycles. The van der Waals surface area contributed by atoms with Crippen LogP contribution in [0.3, 0.4) is 0 Å². The van der Waals surface area contributed by atoms with Gasteiger partial charge in [0, 0.05) is 24.7 Å². The minimum atomic E-state index is -0.781. The number of ether oxygens (including phenoxy) is 1. The summed E-state index contributed by atoms with van der Waals surface area (Å²) in [5, 5.41) is 9.91. The second kappa shape index (κ2) is 8.02. The highest BCUT2D eigenvalue weighted by atomic mass is 35.5. The Bertz CT molecular complexity index is 832. The Morgan fingerprint density at radius 1 is 1.04 bits per heavy atom. The zero-order valence-corrected chi connectivity index (χ0v) is 16.6. The average Bonchev–Trinajstić information content (AvgIpc) is 3.10. The van der Waals surface area contributed by atoms with Crippen LogP contribution in [-0.2, 0) is 6.54 Å². The van der Waals surface area contributed by atoms with Gasteiger partial charge in [0.15, 0.2) is 0 Å². The fourth-order valence-corrected chi connectivity index (χ4v) is 4.42. The summed E-state index contributed by atoms with van der Waals surface area (Å²) >= 11 is 5.92. The standard InChI is InChI=1S/C22H25ClN2O3/c23-18-4-6-19(7-5-18)28-20-3-1-2-17(14-20)15-24-11-8-22(9-12-24)10-13-25(16-22)21(26)27/h1-7,14H,8-13,15-16H2,(H,26,27). The van der Waals surface area contributed by atoms with Crippen LogP contribution in [0.4, 0.5) is 4.79 Å². The van der Waals surface area contributed by atoms with Crippen molar-refractivity contribution in [2.45, 2.75) is 25.8 Å². The average molecular weight is 401 g/mol. The van der Waals surface area contributed by atoms with Gasteiger partial charge in [0.1, 0.15) is 11.5 Å². The maximum absolute atomic E-state index is 11.2. The molecule has 1 spiro atoms. The molecule has 2 aromatic rings. The van der Waals surface area contributed by atoms with Crippen LogP contribution in [0.15, 0.2) is 48.5 Å². The summed E-state index contributed by atoms with van der Waals surface area (Å²) in [4.78, 5) is 15.2. The molecule has 6 heteroatoms. The molecule has 28 heavy (non-hydrogen) atoms. The molecule has 148 valence electrons. The molecule has 0 radical (unpaired) electrons. The second-order valence-electron chi connectivity index (χ2n) is 7.93. The summed E-state index contributed by atoms with van der Waals surface area (Å²) in [7, 11) is 0. The van der Waals surface area contributed by atoms with E-state index in [0.29, 0.717) is 18.1 Å². The highest BCUT2D eigenvalue weighted by molar-refractivity contribution is 6.30. The molecule has 2 aliphatic heterocycles. The monoisotopic (exact) mass is 400 g/mol. The quantitative estimate of drug-likeness (QED) is 0.775. The minimum absolute atomic E-state index is 0.189. The van der Waals surface area contributed by atoms with E-state index in [-0.39, 0.29) is 5.41 Å². The Hall–Kier alpha value is -2.24. The number of benzene rings is 2. The molecule has 0 atom stereocenters. The Morgan fingerprint density at radius 3 is 2.43 bits per heavy atom. The first-order chi connectivity index (χ1) is 13.5. The maximum atomic E-state index is 11.2. The summed E-state index contributed by atoms with van der Waals surface area (Å²) in [6.45, 7) is 4.28. The van der Waals surface area contributed by atoms with Gasteiger partial charge in [-0.05, 0) is 79.7 Å². The number of carboxylic acid groups (broad SMARTS) is 1. The van der Waals surface area contributed by atoms with Crippen molar-refractivity contribution in [2.24, 2.45) is 5.41 Å². The molecule has 2 aromatic carbocycles. The summed E-state index contributed by atoms with van der Waals surface area (Å²) in [5.41, 5.74) is 1.41. The lowest BCUT2D eigenvalue weighted by atomic mass is 9.77. The normalized spacial score (nSPS) is 19.1. The highest BCUT2D eigenvalue weighted by Gasteiger charge is 2.41. The smallest absolute Gasteiger partial charge is 0.407 e. The number of hydrogen-bond donors (Lipinski definition) is 1. The lowest BCUT2D eigenvalue weighted by Crippen LogP contribution is -2.41. The molecule has 5 nitrogen and oxygen atoms in total. The predicted octanol–water partition coefficient (Wildman–Crippen LogP) is 5.10. The molecular formula is C22H25ClN2O3. The van der Waals surface area contributed by atoms with Gasteiger partial charge in [-0.1, -0.05) is 23.7 Å². The van der Waals surface area contributed by atoms with Crippen LogP contribution < -0.4 is 4.74 Å².